The Bertz CT molecular complexity index is 244. The maximum absolute atomic E-state index is 10.0. The minimum Gasteiger partial charge on any atom is -0.790 e. The Morgan fingerprint density at radius 1 is 1.25 bits per heavy atom. The van der Waals surface area contributed by atoms with Gasteiger partial charge in [0, 0.05) is 0 Å². The number of phosphoric ester groups is 1. The Balaban J connectivity index is 0. The van der Waals surface area contributed by atoms with Crippen LogP contribution in [-0.2, 0) is 13.8 Å². The first-order valence-electron chi connectivity index (χ1n) is 3.67. The summed E-state index contributed by atoms with van der Waals surface area (Å²) in [5.74, 6) is 0. The number of aliphatic hydroxyl groups excluding tert-OH is 3. The second-order valence-corrected chi connectivity index (χ2v) is 3.94. The quantitative estimate of drug-likeness (QED) is 0.321. The van der Waals surface area contributed by atoms with Gasteiger partial charge in [0.1, 0.15) is 18.3 Å². The van der Waals surface area contributed by atoms with Crippen molar-refractivity contribution in [1.82, 2.24) is 0 Å². The zero-order valence-corrected chi connectivity index (χ0v) is 13.4. The molecule has 9 nitrogen and oxygen atoms in total. The van der Waals surface area contributed by atoms with Crippen LogP contribution in [0.5, 0.6) is 0 Å². The molecule has 1 heterocycles. The van der Waals surface area contributed by atoms with E-state index >= 15 is 0 Å². The van der Waals surface area contributed by atoms with E-state index in [2.05, 4.69) is 9.26 Å². The molecule has 5 N–H and O–H groups in total. The van der Waals surface area contributed by atoms with E-state index in [1.807, 2.05) is 0 Å². The minimum atomic E-state index is -5.14. The van der Waals surface area contributed by atoms with Gasteiger partial charge in [-0.15, -0.1) is 0 Å². The van der Waals surface area contributed by atoms with Crippen molar-refractivity contribution in [1.29, 1.82) is 0 Å². The van der Waals surface area contributed by atoms with Crippen molar-refractivity contribution in [2.75, 3.05) is 6.61 Å². The molecule has 0 unspecified atom stereocenters. The van der Waals surface area contributed by atoms with E-state index in [9.17, 15) is 14.4 Å². The summed E-state index contributed by atoms with van der Waals surface area (Å²) in [7, 11) is -5.14. The van der Waals surface area contributed by atoms with Crippen molar-refractivity contribution in [3.8, 4) is 0 Å². The Morgan fingerprint density at radius 2 is 1.75 bits per heavy atom. The van der Waals surface area contributed by atoms with Gasteiger partial charge in [0.15, 0.2) is 6.29 Å². The summed E-state index contributed by atoms with van der Waals surface area (Å²) in [6.45, 7) is -0.737. The molecule has 0 aromatic rings. The molecule has 0 aromatic heterocycles. The van der Waals surface area contributed by atoms with Gasteiger partial charge in [0.25, 0.3) is 0 Å². The summed E-state index contributed by atoms with van der Waals surface area (Å²) in [6, 6.07) is 0. The maximum Gasteiger partial charge on any atom is 2.00 e. The Morgan fingerprint density at radius 3 is 2.06 bits per heavy atom. The smallest absolute Gasteiger partial charge is 0.790 e. The number of aliphatic hydroxyl groups is 3. The fraction of sp³-hybridized carbons (Fsp3) is 1.00. The maximum atomic E-state index is 10.0. The molecule has 4 atom stereocenters. The predicted octanol–water partition coefficient (Wildman–Crippen LogP) is -4.93. The van der Waals surface area contributed by atoms with Gasteiger partial charge in [0.05, 0.1) is 14.4 Å². The van der Waals surface area contributed by atoms with Gasteiger partial charge in [-0.25, -0.2) is 0 Å². The molecule has 1 aliphatic rings. The Kier molecular flexibility index (Phi) is 9.68. The molecular weight excluding hydrogens is 372 g/mol. The summed E-state index contributed by atoms with van der Waals surface area (Å²) in [5.41, 5.74) is 0. The molecule has 0 bridgehead atoms. The topological polar surface area (TPSA) is 174 Å². The third kappa shape index (κ3) is 5.89. The Hall–Kier alpha value is 1.48. The van der Waals surface area contributed by atoms with Gasteiger partial charge in [-0.3, -0.25) is 0 Å². The fourth-order valence-corrected chi connectivity index (χ4v) is 1.36. The second-order valence-electron chi connectivity index (χ2n) is 2.79. The molecule has 0 aliphatic carbocycles. The SMILES string of the molecule is O.O=P([O-])([O-])OC[C@H]1O[C@H](O)[C@H](O)[C@@H]1O.[Ba+2]. The first-order chi connectivity index (χ1) is 6.31. The molecule has 11 heteroatoms. The number of ether oxygens (including phenoxy) is 1. The van der Waals surface area contributed by atoms with Crippen LogP contribution in [0.1, 0.15) is 0 Å². The summed E-state index contributed by atoms with van der Waals surface area (Å²) < 4.78 is 18.4. The number of hydrogen-bond donors (Lipinski definition) is 3. The van der Waals surface area contributed by atoms with Crippen molar-refractivity contribution in [3.05, 3.63) is 0 Å². The van der Waals surface area contributed by atoms with Crippen LogP contribution in [0.2, 0.25) is 0 Å². The molecule has 1 fully saturated rings. The van der Waals surface area contributed by atoms with Gasteiger partial charge in [-0.05, 0) is 0 Å². The molecule has 1 saturated heterocycles. The van der Waals surface area contributed by atoms with Crippen molar-refractivity contribution in [2.45, 2.75) is 24.6 Å². The van der Waals surface area contributed by atoms with E-state index in [1.54, 1.807) is 0 Å². The summed E-state index contributed by atoms with van der Waals surface area (Å²) in [4.78, 5) is 20.1. The number of rotatable bonds is 3. The van der Waals surface area contributed by atoms with E-state index in [0.717, 1.165) is 0 Å². The van der Waals surface area contributed by atoms with Gasteiger partial charge in [-0.2, -0.15) is 0 Å². The molecule has 16 heavy (non-hydrogen) atoms. The third-order valence-electron chi connectivity index (χ3n) is 1.73. The van der Waals surface area contributed by atoms with Crippen molar-refractivity contribution in [2.24, 2.45) is 0 Å². The van der Waals surface area contributed by atoms with Gasteiger partial charge in [-0.1, -0.05) is 0 Å². The monoisotopic (exact) mass is 384 g/mol. The van der Waals surface area contributed by atoms with E-state index in [-0.39, 0.29) is 54.4 Å². The average Bonchev–Trinajstić information content (AvgIpc) is 2.28. The first kappa shape index (κ1) is 19.8. The molecule has 0 spiro atoms. The largest absolute Gasteiger partial charge is 2.00 e. The molecule has 92 valence electrons. The zero-order valence-electron chi connectivity index (χ0n) is 8.05. The molecule has 0 saturated carbocycles. The van der Waals surface area contributed by atoms with Crippen LogP contribution in [0.4, 0.5) is 0 Å². The summed E-state index contributed by atoms with van der Waals surface area (Å²) >= 11 is 0. The predicted molar refractivity (Wildman–Crippen MR) is 45.8 cm³/mol. The summed E-state index contributed by atoms with van der Waals surface area (Å²) in [6.07, 6.45) is -5.88. The van der Waals surface area contributed by atoms with E-state index in [0.29, 0.717) is 0 Å². The molecule has 0 radical (unpaired) electrons. The van der Waals surface area contributed by atoms with Crippen LogP contribution in [0.25, 0.3) is 0 Å². The minimum absolute atomic E-state index is 0. The van der Waals surface area contributed by atoms with Gasteiger partial charge in [0.2, 0.25) is 0 Å². The van der Waals surface area contributed by atoms with Crippen LogP contribution in [0, 0.1) is 0 Å². The standard InChI is InChI=1S/C5H11O8P.Ba.H2O/c6-3-2(1-12-14(9,10)11)13-5(8)4(3)7;;/h2-8H,1H2,(H2,9,10,11);;1H2/q;+2;/p-2/t2-,3-,4-,5+;;/m1../s1. The zero-order chi connectivity index (χ0) is 10.9. The molecule has 0 aromatic carbocycles. The molecule has 1 rings (SSSR count). The van der Waals surface area contributed by atoms with E-state index in [1.165, 1.54) is 0 Å². The average molecular weight is 383 g/mol. The van der Waals surface area contributed by atoms with Gasteiger partial charge >= 0.3 is 48.9 Å². The van der Waals surface area contributed by atoms with Crippen molar-refractivity contribution >= 4 is 56.7 Å². The van der Waals surface area contributed by atoms with Crippen molar-refractivity contribution < 1.29 is 44.4 Å². The third-order valence-corrected chi connectivity index (χ3v) is 2.20. The van der Waals surface area contributed by atoms with Crippen molar-refractivity contribution in [3.63, 3.8) is 0 Å². The van der Waals surface area contributed by atoms with Crippen LogP contribution in [0.3, 0.4) is 0 Å². The normalized spacial score (nSPS) is 34.1. The van der Waals surface area contributed by atoms with Crippen LogP contribution < -0.4 is 9.79 Å². The second kappa shape index (κ2) is 7.82. The fourth-order valence-electron chi connectivity index (χ4n) is 1.03. The van der Waals surface area contributed by atoms with E-state index < -0.39 is 39.0 Å². The number of phosphoric acid groups is 1. The summed E-state index contributed by atoms with van der Waals surface area (Å²) in [5, 5.41) is 26.9. The van der Waals surface area contributed by atoms with E-state index in [4.69, 9.17) is 15.3 Å². The molecular formula is C5H11BaO9P. The Labute approximate surface area is 131 Å². The first-order valence-corrected chi connectivity index (χ1v) is 5.13. The molecule has 0 amide bonds. The van der Waals surface area contributed by atoms with Crippen LogP contribution in [-0.4, -0.2) is 101 Å². The molecule has 1 aliphatic heterocycles. The number of hydrogen-bond acceptors (Lipinski definition) is 8. The van der Waals surface area contributed by atoms with Crippen LogP contribution in [0.15, 0.2) is 0 Å². The van der Waals surface area contributed by atoms with Crippen LogP contribution >= 0.6 is 7.82 Å². The van der Waals surface area contributed by atoms with Gasteiger partial charge < -0.3 is 44.4 Å².